The molecular formula is C12H13Cl2N3O. The number of halogens is 2. The fraction of sp³-hybridized carbons (Fsp3) is 0.333. The lowest BCUT2D eigenvalue weighted by Gasteiger charge is -2.01. The Labute approximate surface area is 115 Å². The quantitative estimate of drug-likeness (QED) is 0.935. The minimum Gasteiger partial charge on any atom is -0.338 e. The van der Waals surface area contributed by atoms with Gasteiger partial charge in [-0.2, -0.15) is 4.98 Å². The Kier molecular flexibility index (Phi) is 4.22. The molecular weight excluding hydrogens is 273 g/mol. The van der Waals surface area contributed by atoms with Gasteiger partial charge < -0.3 is 10.3 Å². The zero-order valence-corrected chi connectivity index (χ0v) is 11.4. The Hall–Kier alpha value is -1.10. The van der Waals surface area contributed by atoms with Crippen LogP contribution in [0.25, 0.3) is 0 Å². The van der Waals surface area contributed by atoms with E-state index in [1.807, 2.05) is 13.0 Å². The Morgan fingerprint density at radius 3 is 2.83 bits per heavy atom. The van der Waals surface area contributed by atoms with Gasteiger partial charge in [0.15, 0.2) is 5.82 Å². The van der Waals surface area contributed by atoms with Crippen LogP contribution in [0.5, 0.6) is 0 Å². The zero-order chi connectivity index (χ0) is 13.1. The van der Waals surface area contributed by atoms with Crippen molar-refractivity contribution in [1.29, 1.82) is 0 Å². The first-order valence-corrected chi connectivity index (χ1v) is 6.37. The fourth-order valence-electron chi connectivity index (χ4n) is 1.50. The van der Waals surface area contributed by atoms with E-state index in [0.717, 1.165) is 12.0 Å². The number of nitrogens with two attached hydrogens (primary N) is 1. The van der Waals surface area contributed by atoms with Gasteiger partial charge in [-0.15, -0.1) is 0 Å². The zero-order valence-electron chi connectivity index (χ0n) is 9.86. The van der Waals surface area contributed by atoms with Crippen molar-refractivity contribution in [2.24, 2.45) is 5.73 Å². The maximum Gasteiger partial charge on any atom is 0.243 e. The molecule has 0 fully saturated rings. The molecule has 18 heavy (non-hydrogen) atoms. The van der Waals surface area contributed by atoms with Gasteiger partial charge in [0.2, 0.25) is 5.89 Å². The topological polar surface area (TPSA) is 64.9 Å². The van der Waals surface area contributed by atoms with Crippen LogP contribution in [0.1, 0.15) is 36.7 Å². The van der Waals surface area contributed by atoms with E-state index < -0.39 is 0 Å². The minimum absolute atomic E-state index is 0.216. The molecule has 1 heterocycles. The van der Waals surface area contributed by atoms with Crippen LogP contribution in [0.3, 0.4) is 0 Å². The SMILES string of the molecule is CCC(N)c1nc(Cc2ccc(Cl)cc2Cl)no1. The Morgan fingerprint density at radius 2 is 2.17 bits per heavy atom. The van der Waals surface area contributed by atoms with Crippen molar-refractivity contribution in [3.63, 3.8) is 0 Å². The largest absolute Gasteiger partial charge is 0.338 e. The molecule has 1 unspecified atom stereocenters. The van der Waals surface area contributed by atoms with Crippen molar-refractivity contribution in [3.8, 4) is 0 Å². The van der Waals surface area contributed by atoms with Crippen molar-refractivity contribution in [2.75, 3.05) is 0 Å². The lowest BCUT2D eigenvalue weighted by molar-refractivity contribution is 0.348. The van der Waals surface area contributed by atoms with Gasteiger partial charge in [-0.25, -0.2) is 0 Å². The highest BCUT2D eigenvalue weighted by Gasteiger charge is 2.14. The van der Waals surface area contributed by atoms with E-state index >= 15 is 0 Å². The summed E-state index contributed by atoms with van der Waals surface area (Å²) < 4.78 is 5.10. The molecule has 96 valence electrons. The molecule has 0 saturated heterocycles. The van der Waals surface area contributed by atoms with Crippen LogP contribution in [0, 0.1) is 0 Å². The molecule has 1 atom stereocenters. The molecule has 2 rings (SSSR count). The lowest BCUT2D eigenvalue weighted by Crippen LogP contribution is -2.08. The summed E-state index contributed by atoms with van der Waals surface area (Å²) in [6, 6.07) is 5.10. The van der Waals surface area contributed by atoms with E-state index in [4.69, 9.17) is 33.5 Å². The van der Waals surface area contributed by atoms with E-state index in [1.165, 1.54) is 0 Å². The second-order valence-electron chi connectivity index (χ2n) is 3.98. The Morgan fingerprint density at radius 1 is 1.39 bits per heavy atom. The highest BCUT2D eigenvalue weighted by atomic mass is 35.5. The Balaban J connectivity index is 2.16. The third kappa shape index (κ3) is 3.02. The molecule has 0 bridgehead atoms. The summed E-state index contributed by atoms with van der Waals surface area (Å²) in [5.74, 6) is 1.02. The van der Waals surface area contributed by atoms with Gasteiger partial charge in [0.05, 0.1) is 6.04 Å². The summed E-state index contributed by atoms with van der Waals surface area (Å²) in [7, 11) is 0. The molecule has 2 aromatic rings. The molecule has 4 nitrogen and oxygen atoms in total. The molecule has 1 aromatic heterocycles. The van der Waals surface area contributed by atoms with E-state index in [-0.39, 0.29) is 6.04 Å². The average Bonchev–Trinajstić information content (AvgIpc) is 2.80. The summed E-state index contributed by atoms with van der Waals surface area (Å²) in [5.41, 5.74) is 6.71. The van der Waals surface area contributed by atoms with Crippen molar-refractivity contribution in [2.45, 2.75) is 25.8 Å². The van der Waals surface area contributed by atoms with Crippen LogP contribution >= 0.6 is 23.2 Å². The predicted octanol–water partition coefficient (Wildman–Crippen LogP) is 3.38. The number of hydrogen-bond acceptors (Lipinski definition) is 4. The molecule has 0 amide bonds. The molecule has 1 aromatic carbocycles. The van der Waals surface area contributed by atoms with Gasteiger partial charge in [0.1, 0.15) is 0 Å². The van der Waals surface area contributed by atoms with E-state index in [9.17, 15) is 0 Å². The molecule has 0 spiro atoms. The van der Waals surface area contributed by atoms with Gasteiger partial charge >= 0.3 is 0 Å². The van der Waals surface area contributed by atoms with E-state index in [2.05, 4.69) is 10.1 Å². The number of aromatic nitrogens is 2. The van der Waals surface area contributed by atoms with Crippen LogP contribution in [0.15, 0.2) is 22.7 Å². The second-order valence-corrected chi connectivity index (χ2v) is 4.82. The highest BCUT2D eigenvalue weighted by molar-refractivity contribution is 6.35. The number of benzene rings is 1. The fourth-order valence-corrected chi connectivity index (χ4v) is 1.98. The van der Waals surface area contributed by atoms with Gasteiger partial charge in [-0.1, -0.05) is 41.3 Å². The van der Waals surface area contributed by atoms with Crippen LogP contribution in [-0.4, -0.2) is 10.1 Å². The molecule has 0 radical (unpaired) electrons. The monoisotopic (exact) mass is 285 g/mol. The molecule has 0 saturated carbocycles. The van der Waals surface area contributed by atoms with Crippen molar-refractivity contribution < 1.29 is 4.52 Å². The summed E-state index contributed by atoms with van der Waals surface area (Å²) in [6.07, 6.45) is 1.25. The number of rotatable bonds is 4. The predicted molar refractivity (Wildman–Crippen MR) is 70.8 cm³/mol. The van der Waals surface area contributed by atoms with E-state index in [1.54, 1.807) is 12.1 Å². The summed E-state index contributed by atoms with van der Waals surface area (Å²) in [6.45, 7) is 1.96. The van der Waals surface area contributed by atoms with Crippen molar-refractivity contribution in [1.82, 2.24) is 10.1 Å². The van der Waals surface area contributed by atoms with Crippen LogP contribution in [0.2, 0.25) is 10.0 Å². The summed E-state index contributed by atoms with van der Waals surface area (Å²) in [4.78, 5) is 4.25. The Bertz CT molecular complexity index is 542. The summed E-state index contributed by atoms with van der Waals surface area (Å²) in [5, 5.41) is 5.08. The highest BCUT2D eigenvalue weighted by Crippen LogP contribution is 2.23. The standard InChI is InChI=1S/C12H13Cl2N3O/c1-2-10(15)12-16-11(17-18-12)5-7-3-4-8(13)6-9(7)14/h3-4,6,10H,2,5,15H2,1H3. The smallest absolute Gasteiger partial charge is 0.243 e. The van der Waals surface area contributed by atoms with Gasteiger partial charge in [-0.05, 0) is 24.1 Å². The van der Waals surface area contributed by atoms with Gasteiger partial charge in [0, 0.05) is 16.5 Å². The molecule has 0 aliphatic rings. The first-order chi connectivity index (χ1) is 8.60. The second kappa shape index (κ2) is 5.69. The van der Waals surface area contributed by atoms with Gasteiger partial charge in [0.25, 0.3) is 0 Å². The molecule has 0 aliphatic carbocycles. The molecule has 0 aliphatic heterocycles. The maximum atomic E-state index is 6.08. The minimum atomic E-state index is -0.216. The van der Waals surface area contributed by atoms with Crippen LogP contribution in [-0.2, 0) is 6.42 Å². The molecule has 6 heteroatoms. The summed E-state index contributed by atoms with van der Waals surface area (Å²) >= 11 is 11.9. The van der Waals surface area contributed by atoms with Crippen LogP contribution < -0.4 is 5.73 Å². The lowest BCUT2D eigenvalue weighted by atomic mass is 10.1. The normalized spacial score (nSPS) is 12.7. The maximum absolute atomic E-state index is 6.08. The van der Waals surface area contributed by atoms with E-state index in [0.29, 0.717) is 28.2 Å². The van der Waals surface area contributed by atoms with Gasteiger partial charge in [-0.3, -0.25) is 0 Å². The number of nitrogens with zero attached hydrogens (tertiary/aromatic N) is 2. The van der Waals surface area contributed by atoms with Crippen molar-refractivity contribution >= 4 is 23.2 Å². The third-order valence-corrected chi connectivity index (χ3v) is 3.19. The third-order valence-electron chi connectivity index (χ3n) is 2.60. The first-order valence-electron chi connectivity index (χ1n) is 5.62. The van der Waals surface area contributed by atoms with Crippen LogP contribution in [0.4, 0.5) is 0 Å². The average molecular weight is 286 g/mol. The van der Waals surface area contributed by atoms with Crippen molar-refractivity contribution in [3.05, 3.63) is 45.5 Å². The number of hydrogen-bond donors (Lipinski definition) is 1. The molecule has 2 N–H and O–H groups in total. The first kappa shape index (κ1) is 13.3.